The van der Waals surface area contributed by atoms with Gasteiger partial charge in [-0.1, -0.05) is 34.1 Å². The van der Waals surface area contributed by atoms with Crippen molar-refractivity contribution in [3.05, 3.63) is 111 Å². The third-order valence-electron chi connectivity index (χ3n) is 6.44. The molecule has 1 saturated heterocycles. The molecule has 2 aromatic heterocycles. The molecule has 0 unspecified atom stereocenters. The molecule has 172 valence electrons. The fraction of sp³-hybridized carbons (Fsp3) is 0.214. The molecule has 1 aliphatic heterocycles. The summed E-state index contributed by atoms with van der Waals surface area (Å²) in [6.45, 7) is 8.62. The van der Waals surface area contributed by atoms with Gasteiger partial charge in [0.15, 0.2) is 5.11 Å². The number of anilines is 1. The number of nitrogens with zero attached hydrogens (tertiary/aromatic N) is 3. The fourth-order valence-electron chi connectivity index (χ4n) is 5.14. The molecule has 5 rings (SSSR count). The minimum atomic E-state index is -0.0639. The van der Waals surface area contributed by atoms with Gasteiger partial charge in [0.2, 0.25) is 0 Å². The van der Waals surface area contributed by atoms with Crippen LogP contribution in [0.15, 0.2) is 77.4 Å². The van der Waals surface area contributed by atoms with Crippen LogP contribution >= 0.6 is 28.1 Å². The largest absolute Gasteiger partial charge is 0.351 e. The smallest absolute Gasteiger partial charge is 0.174 e. The van der Waals surface area contributed by atoms with Crippen LogP contribution in [-0.4, -0.2) is 14.7 Å². The first kappa shape index (κ1) is 22.8. The lowest BCUT2D eigenvalue weighted by Gasteiger charge is -2.29. The monoisotopic (exact) mass is 530 g/mol. The van der Waals surface area contributed by atoms with E-state index in [0.29, 0.717) is 0 Å². The minimum absolute atomic E-state index is 0.0318. The molecule has 0 aliphatic carbocycles. The van der Waals surface area contributed by atoms with Crippen LogP contribution in [0.3, 0.4) is 0 Å². The summed E-state index contributed by atoms with van der Waals surface area (Å²) in [7, 11) is 0. The molecule has 4 aromatic rings. The third kappa shape index (κ3) is 4.05. The molecule has 4 nitrogen and oxygen atoms in total. The number of benzene rings is 2. The highest BCUT2D eigenvalue weighted by molar-refractivity contribution is 9.10. The van der Waals surface area contributed by atoms with Gasteiger partial charge < -0.3 is 14.8 Å². The number of thiocarbonyl (C=S) groups is 1. The Morgan fingerprint density at radius 1 is 0.882 bits per heavy atom. The van der Waals surface area contributed by atoms with Crippen LogP contribution in [0.25, 0.3) is 5.69 Å². The number of halogens is 1. The van der Waals surface area contributed by atoms with Crippen LogP contribution in [0.5, 0.6) is 0 Å². The Morgan fingerprint density at radius 2 is 1.65 bits per heavy atom. The van der Waals surface area contributed by atoms with Gasteiger partial charge in [0.25, 0.3) is 0 Å². The van der Waals surface area contributed by atoms with Crippen molar-refractivity contribution in [3.63, 3.8) is 0 Å². The average molecular weight is 532 g/mol. The molecule has 0 bridgehead atoms. The van der Waals surface area contributed by atoms with Gasteiger partial charge >= 0.3 is 0 Å². The quantitative estimate of drug-likeness (QED) is 0.286. The molecule has 1 fully saturated rings. The average Bonchev–Trinajstić information content (AvgIpc) is 3.29. The van der Waals surface area contributed by atoms with E-state index in [0.717, 1.165) is 26.7 Å². The topological polar surface area (TPSA) is 33.1 Å². The first-order valence-electron chi connectivity index (χ1n) is 11.4. The zero-order valence-corrected chi connectivity index (χ0v) is 22.1. The summed E-state index contributed by atoms with van der Waals surface area (Å²) in [5, 5.41) is 4.31. The van der Waals surface area contributed by atoms with Gasteiger partial charge in [0.1, 0.15) is 0 Å². The second-order valence-electron chi connectivity index (χ2n) is 8.98. The number of aromatic nitrogens is 2. The van der Waals surface area contributed by atoms with E-state index in [1.165, 1.54) is 28.1 Å². The molecule has 1 aliphatic rings. The maximum Gasteiger partial charge on any atom is 0.174 e. The number of aryl methyl sites for hydroxylation is 3. The summed E-state index contributed by atoms with van der Waals surface area (Å²) in [5.74, 6) is 0. The summed E-state index contributed by atoms with van der Waals surface area (Å²) < 4.78 is 3.38. The van der Waals surface area contributed by atoms with Gasteiger partial charge in [0, 0.05) is 33.4 Å². The number of rotatable bonds is 4. The maximum atomic E-state index is 5.93. The van der Waals surface area contributed by atoms with Crippen molar-refractivity contribution in [2.75, 3.05) is 4.90 Å². The van der Waals surface area contributed by atoms with Gasteiger partial charge in [-0.3, -0.25) is 4.98 Å². The van der Waals surface area contributed by atoms with Crippen molar-refractivity contribution >= 4 is 38.9 Å². The van der Waals surface area contributed by atoms with Crippen LogP contribution in [-0.2, 0) is 0 Å². The molecule has 0 amide bonds. The lowest BCUT2D eigenvalue weighted by atomic mass is 9.96. The van der Waals surface area contributed by atoms with Crippen LogP contribution < -0.4 is 10.2 Å². The Hall–Kier alpha value is -2.96. The summed E-state index contributed by atoms with van der Waals surface area (Å²) >= 11 is 9.56. The SMILES string of the molecule is Cc1cc(C)cc(N2C(=S)N[C@H](c3ccccn3)[C@@H]2c2cc(C)n(-c3cccc(Br)c3)c2C)c1. The second-order valence-corrected chi connectivity index (χ2v) is 10.3. The maximum absolute atomic E-state index is 5.93. The van der Waals surface area contributed by atoms with Crippen LogP contribution in [0, 0.1) is 27.7 Å². The predicted molar refractivity (Wildman–Crippen MR) is 147 cm³/mol. The molecule has 34 heavy (non-hydrogen) atoms. The van der Waals surface area contributed by atoms with Crippen molar-refractivity contribution in [2.45, 2.75) is 39.8 Å². The van der Waals surface area contributed by atoms with Crippen molar-refractivity contribution in [1.29, 1.82) is 0 Å². The second kappa shape index (κ2) is 9.01. The standard InChI is InChI=1S/C28H27BrN4S/c1-17-12-18(2)14-23(13-17)33-27(26(31-28(33)34)25-10-5-6-11-30-25)24-15-19(3)32(20(24)4)22-9-7-8-21(29)16-22/h5-16,26-27H,1-4H3,(H,31,34)/t26-,27+/m1/s1. The number of nitrogens with one attached hydrogen (secondary N) is 1. The van der Waals surface area contributed by atoms with Gasteiger partial charge in [0.05, 0.1) is 17.8 Å². The number of hydrogen-bond acceptors (Lipinski definition) is 2. The molecule has 0 saturated carbocycles. The van der Waals surface area contributed by atoms with Crippen molar-refractivity contribution in [2.24, 2.45) is 0 Å². The zero-order chi connectivity index (χ0) is 24.0. The Labute approximate surface area is 214 Å². The summed E-state index contributed by atoms with van der Waals surface area (Å²) in [6, 6.07) is 23.3. The highest BCUT2D eigenvalue weighted by Crippen LogP contribution is 2.44. The van der Waals surface area contributed by atoms with E-state index >= 15 is 0 Å². The highest BCUT2D eigenvalue weighted by Gasteiger charge is 2.42. The Morgan fingerprint density at radius 3 is 2.32 bits per heavy atom. The number of hydrogen-bond donors (Lipinski definition) is 1. The number of pyridine rings is 1. The van der Waals surface area contributed by atoms with E-state index in [1.54, 1.807) is 0 Å². The van der Waals surface area contributed by atoms with E-state index in [9.17, 15) is 0 Å². The predicted octanol–water partition coefficient (Wildman–Crippen LogP) is 7.05. The molecule has 1 N–H and O–H groups in total. The molecular weight excluding hydrogens is 504 g/mol. The summed E-state index contributed by atoms with van der Waals surface area (Å²) in [6.07, 6.45) is 1.85. The molecule has 6 heteroatoms. The molecule has 3 heterocycles. The van der Waals surface area contributed by atoms with E-state index in [1.807, 2.05) is 18.3 Å². The summed E-state index contributed by atoms with van der Waals surface area (Å²) in [5.41, 5.74) is 9.27. The lowest BCUT2D eigenvalue weighted by Crippen LogP contribution is -2.29. The van der Waals surface area contributed by atoms with Crippen molar-refractivity contribution in [1.82, 2.24) is 14.9 Å². The highest BCUT2D eigenvalue weighted by atomic mass is 79.9. The van der Waals surface area contributed by atoms with Gasteiger partial charge in [-0.2, -0.15) is 0 Å². The van der Waals surface area contributed by atoms with E-state index in [2.05, 4.69) is 113 Å². The van der Waals surface area contributed by atoms with Crippen LogP contribution in [0.4, 0.5) is 5.69 Å². The molecular formula is C28H27BrN4S. The molecule has 0 spiro atoms. The minimum Gasteiger partial charge on any atom is -0.351 e. The Kier molecular flexibility index (Phi) is 6.04. The first-order chi connectivity index (χ1) is 16.3. The Bertz CT molecular complexity index is 1360. The van der Waals surface area contributed by atoms with E-state index in [-0.39, 0.29) is 12.1 Å². The lowest BCUT2D eigenvalue weighted by molar-refractivity contribution is 0.565. The van der Waals surface area contributed by atoms with E-state index < -0.39 is 0 Å². The zero-order valence-electron chi connectivity index (χ0n) is 19.7. The fourth-order valence-corrected chi connectivity index (χ4v) is 5.87. The normalized spacial score (nSPS) is 17.8. The van der Waals surface area contributed by atoms with E-state index in [4.69, 9.17) is 17.2 Å². The Balaban J connectivity index is 1.70. The van der Waals surface area contributed by atoms with Crippen LogP contribution in [0.2, 0.25) is 0 Å². The van der Waals surface area contributed by atoms with Gasteiger partial charge in [-0.15, -0.1) is 0 Å². The molecule has 0 radical (unpaired) electrons. The van der Waals surface area contributed by atoms with Gasteiger partial charge in [-0.05, 0) is 105 Å². The van der Waals surface area contributed by atoms with Crippen molar-refractivity contribution in [3.8, 4) is 5.69 Å². The molecule has 2 atom stereocenters. The molecule has 2 aromatic carbocycles. The third-order valence-corrected chi connectivity index (χ3v) is 7.25. The summed E-state index contributed by atoms with van der Waals surface area (Å²) in [4.78, 5) is 6.97. The van der Waals surface area contributed by atoms with Crippen molar-refractivity contribution < 1.29 is 0 Å². The van der Waals surface area contributed by atoms with Gasteiger partial charge in [-0.25, -0.2) is 0 Å². The first-order valence-corrected chi connectivity index (χ1v) is 12.6. The van der Waals surface area contributed by atoms with Crippen LogP contribution in [0.1, 0.15) is 45.9 Å².